The highest BCUT2D eigenvalue weighted by Crippen LogP contribution is 2.16. The smallest absolute Gasteiger partial charge is 0.133 e. The fourth-order valence-electron chi connectivity index (χ4n) is 1.90. The summed E-state index contributed by atoms with van der Waals surface area (Å²) in [6, 6.07) is 1.74. The fraction of sp³-hybridized carbons (Fsp3) is 0.636. The van der Waals surface area contributed by atoms with E-state index in [1.807, 2.05) is 0 Å². The predicted molar refractivity (Wildman–Crippen MR) is 59.8 cm³/mol. The second-order valence-electron chi connectivity index (χ2n) is 3.97. The van der Waals surface area contributed by atoms with Crippen molar-refractivity contribution < 1.29 is 9.47 Å². The third-order valence-corrected chi connectivity index (χ3v) is 2.57. The van der Waals surface area contributed by atoms with E-state index in [9.17, 15) is 0 Å². The van der Waals surface area contributed by atoms with Gasteiger partial charge >= 0.3 is 0 Å². The Morgan fingerprint density at radius 2 is 2.44 bits per heavy atom. The summed E-state index contributed by atoms with van der Waals surface area (Å²) in [7, 11) is 1.64. The maximum Gasteiger partial charge on any atom is 0.133 e. The molecule has 1 aliphatic rings. The molecule has 0 spiro atoms. The minimum atomic E-state index is 0.247. The fourth-order valence-corrected chi connectivity index (χ4v) is 1.90. The molecule has 2 N–H and O–H groups in total. The molecule has 0 saturated carbocycles. The number of hydrogen-bond acceptors (Lipinski definition) is 5. The quantitative estimate of drug-likeness (QED) is 0.822. The zero-order valence-corrected chi connectivity index (χ0v) is 9.48. The van der Waals surface area contributed by atoms with Crippen molar-refractivity contribution in [3.8, 4) is 0 Å². The van der Waals surface area contributed by atoms with Gasteiger partial charge in [-0.05, 0) is 12.8 Å². The van der Waals surface area contributed by atoms with Gasteiger partial charge in [0.2, 0.25) is 0 Å². The van der Waals surface area contributed by atoms with Crippen molar-refractivity contribution in [1.82, 2.24) is 9.97 Å². The van der Waals surface area contributed by atoms with Gasteiger partial charge in [-0.15, -0.1) is 0 Å². The first-order valence-corrected chi connectivity index (χ1v) is 5.51. The maximum atomic E-state index is 5.72. The van der Waals surface area contributed by atoms with E-state index in [2.05, 4.69) is 9.97 Å². The minimum Gasteiger partial charge on any atom is -0.384 e. The SMILES string of the molecule is COCc1cc(N)nc(CC2CCCO2)n1. The summed E-state index contributed by atoms with van der Waals surface area (Å²) in [5.74, 6) is 1.24. The number of hydrogen-bond donors (Lipinski definition) is 1. The van der Waals surface area contributed by atoms with Crippen molar-refractivity contribution >= 4 is 5.82 Å². The Balaban J connectivity index is 2.06. The molecule has 5 nitrogen and oxygen atoms in total. The molecular formula is C11H17N3O2. The lowest BCUT2D eigenvalue weighted by Crippen LogP contribution is -2.13. The van der Waals surface area contributed by atoms with Crippen LogP contribution in [-0.2, 0) is 22.5 Å². The van der Waals surface area contributed by atoms with Gasteiger partial charge in [-0.1, -0.05) is 0 Å². The summed E-state index contributed by atoms with van der Waals surface area (Å²) in [5, 5.41) is 0. The largest absolute Gasteiger partial charge is 0.384 e. The molecule has 1 fully saturated rings. The zero-order valence-electron chi connectivity index (χ0n) is 9.48. The van der Waals surface area contributed by atoms with Crippen LogP contribution in [0.4, 0.5) is 5.82 Å². The van der Waals surface area contributed by atoms with E-state index < -0.39 is 0 Å². The molecule has 1 aromatic heterocycles. The second kappa shape index (κ2) is 5.23. The molecule has 1 aliphatic heterocycles. The molecule has 2 rings (SSSR count). The highest BCUT2D eigenvalue weighted by Gasteiger charge is 2.17. The molecule has 1 atom stereocenters. The molecule has 1 saturated heterocycles. The lowest BCUT2D eigenvalue weighted by molar-refractivity contribution is 0.109. The van der Waals surface area contributed by atoms with E-state index in [-0.39, 0.29) is 6.10 Å². The van der Waals surface area contributed by atoms with Crippen LogP contribution in [-0.4, -0.2) is 29.8 Å². The Kier molecular flexibility index (Phi) is 3.69. The van der Waals surface area contributed by atoms with E-state index in [0.29, 0.717) is 12.4 Å². The van der Waals surface area contributed by atoms with Gasteiger partial charge in [0.05, 0.1) is 18.4 Å². The van der Waals surface area contributed by atoms with E-state index in [1.54, 1.807) is 13.2 Å². The lowest BCUT2D eigenvalue weighted by atomic mass is 10.2. The predicted octanol–water partition coefficient (Wildman–Crippen LogP) is 0.927. The minimum absolute atomic E-state index is 0.247. The first-order chi connectivity index (χ1) is 7.78. The molecule has 1 unspecified atom stereocenters. The molecule has 2 heterocycles. The summed E-state index contributed by atoms with van der Waals surface area (Å²) in [6.07, 6.45) is 3.19. The van der Waals surface area contributed by atoms with Crippen LogP contribution in [0.2, 0.25) is 0 Å². The Hall–Kier alpha value is -1.20. The number of nitrogen functional groups attached to an aromatic ring is 1. The van der Waals surface area contributed by atoms with Gasteiger partial charge in [-0.25, -0.2) is 9.97 Å². The van der Waals surface area contributed by atoms with Gasteiger partial charge in [0.1, 0.15) is 11.6 Å². The van der Waals surface area contributed by atoms with Crippen LogP contribution in [0, 0.1) is 0 Å². The van der Waals surface area contributed by atoms with Crippen LogP contribution < -0.4 is 5.73 Å². The average Bonchev–Trinajstić information content (AvgIpc) is 2.70. The number of methoxy groups -OCH3 is 1. The van der Waals surface area contributed by atoms with Gasteiger partial charge in [0, 0.05) is 26.2 Å². The number of nitrogens with zero attached hydrogens (tertiary/aromatic N) is 2. The summed E-state index contributed by atoms with van der Waals surface area (Å²) >= 11 is 0. The van der Waals surface area contributed by atoms with E-state index >= 15 is 0 Å². The number of nitrogens with two attached hydrogens (primary N) is 1. The molecule has 0 bridgehead atoms. The van der Waals surface area contributed by atoms with Gasteiger partial charge in [-0.3, -0.25) is 0 Å². The Morgan fingerprint density at radius 3 is 3.12 bits per heavy atom. The van der Waals surface area contributed by atoms with Crippen molar-refractivity contribution in [1.29, 1.82) is 0 Å². The number of aromatic nitrogens is 2. The first kappa shape index (κ1) is 11.3. The van der Waals surface area contributed by atoms with E-state index in [0.717, 1.165) is 37.4 Å². The van der Waals surface area contributed by atoms with Gasteiger partial charge in [-0.2, -0.15) is 0 Å². The van der Waals surface area contributed by atoms with Crippen molar-refractivity contribution in [3.63, 3.8) is 0 Å². The molecule has 1 aromatic rings. The van der Waals surface area contributed by atoms with Crippen molar-refractivity contribution in [2.24, 2.45) is 0 Å². The van der Waals surface area contributed by atoms with Crippen molar-refractivity contribution in [2.75, 3.05) is 19.5 Å². The maximum absolute atomic E-state index is 5.72. The van der Waals surface area contributed by atoms with Crippen LogP contribution in [0.25, 0.3) is 0 Å². The first-order valence-electron chi connectivity index (χ1n) is 5.51. The normalized spacial score (nSPS) is 20.2. The molecule has 0 aromatic carbocycles. The lowest BCUT2D eigenvalue weighted by Gasteiger charge is -2.09. The average molecular weight is 223 g/mol. The van der Waals surface area contributed by atoms with Gasteiger partial charge in [0.15, 0.2) is 0 Å². The van der Waals surface area contributed by atoms with Crippen molar-refractivity contribution in [3.05, 3.63) is 17.6 Å². The number of rotatable bonds is 4. The third kappa shape index (κ3) is 2.90. The monoisotopic (exact) mass is 223 g/mol. The number of ether oxygens (including phenoxy) is 2. The molecule has 88 valence electrons. The van der Waals surface area contributed by atoms with Crippen LogP contribution >= 0.6 is 0 Å². The van der Waals surface area contributed by atoms with E-state index in [4.69, 9.17) is 15.2 Å². The standard InChI is InChI=1S/C11H17N3O2/c1-15-7-8-5-10(12)14-11(13-8)6-9-3-2-4-16-9/h5,9H,2-4,6-7H2,1H3,(H2,12,13,14). The molecule has 0 amide bonds. The highest BCUT2D eigenvalue weighted by atomic mass is 16.5. The summed E-state index contributed by atoms with van der Waals surface area (Å²) in [5.41, 5.74) is 6.54. The molecule has 0 aliphatic carbocycles. The Morgan fingerprint density at radius 1 is 1.56 bits per heavy atom. The van der Waals surface area contributed by atoms with Crippen LogP contribution in [0.3, 0.4) is 0 Å². The van der Waals surface area contributed by atoms with Crippen LogP contribution in [0.1, 0.15) is 24.4 Å². The highest BCUT2D eigenvalue weighted by molar-refractivity contribution is 5.29. The van der Waals surface area contributed by atoms with Crippen LogP contribution in [0.15, 0.2) is 6.07 Å². The Labute approximate surface area is 95.0 Å². The topological polar surface area (TPSA) is 70.3 Å². The molecule has 5 heteroatoms. The summed E-state index contributed by atoms with van der Waals surface area (Å²) in [6.45, 7) is 1.31. The molecular weight excluding hydrogens is 206 g/mol. The van der Waals surface area contributed by atoms with Crippen LogP contribution in [0.5, 0.6) is 0 Å². The van der Waals surface area contributed by atoms with Gasteiger partial charge < -0.3 is 15.2 Å². The summed E-state index contributed by atoms with van der Waals surface area (Å²) in [4.78, 5) is 8.60. The third-order valence-electron chi connectivity index (χ3n) is 2.57. The van der Waals surface area contributed by atoms with Gasteiger partial charge in [0.25, 0.3) is 0 Å². The molecule has 0 radical (unpaired) electrons. The zero-order chi connectivity index (χ0) is 11.4. The van der Waals surface area contributed by atoms with E-state index in [1.165, 1.54) is 0 Å². The summed E-state index contributed by atoms with van der Waals surface area (Å²) < 4.78 is 10.6. The second-order valence-corrected chi connectivity index (χ2v) is 3.97. The number of anilines is 1. The Bertz CT molecular complexity index is 351. The molecule has 16 heavy (non-hydrogen) atoms. The van der Waals surface area contributed by atoms with Crippen molar-refractivity contribution in [2.45, 2.75) is 32.0 Å².